The molecule has 2 aromatic rings. The molecule has 0 saturated heterocycles. The number of rotatable bonds is 2. The van der Waals surface area contributed by atoms with Crippen LogP contribution in [-0.4, -0.2) is 5.91 Å². The molecule has 1 amide bonds. The molecule has 1 heterocycles. The zero-order valence-corrected chi connectivity index (χ0v) is 16.1. The van der Waals surface area contributed by atoms with E-state index in [9.17, 15) is 15.3 Å². The molecule has 0 bridgehead atoms. The molecule has 27 heavy (non-hydrogen) atoms. The third-order valence-corrected chi connectivity index (χ3v) is 6.12. The monoisotopic (exact) mass is 417 g/mol. The smallest absolute Gasteiger partial charge is 0.241 e. The standard InChI is InChI=1S/C22H16BrN3O/c23-17-8-9-19-18(12-17)22(11-5-4-10-21(22,14-24)15-25)20(27)26(19)13-16-6-2-1-3-7-16/h1-9,12H,10-11,13H2. The van der Waals surface area contributed by atoms with E-state index < -0.39 is 10.8 Å². The Bertz CT molecular complexity index is 1020. The van der Waals surface area contributed by atoms with Crippen molar-refractivity contribution in [2.45, 2.75) is 24.8 Å². The van der Waals surface area contributed by atoms with Crippen molar-refractivity contribution in [1.82, 2.24) is 0 Å². The van der Waals surface area contributed by atoms with Crippen LogP contribution >= 0.6 is 15.9 Å². The van der Waals surface area contributed by atoms with Gasteiger partial charge in [-0.05, 0) is 42.2 Å². The first-order valence-electron chi connectivity index (χ1n) is 8.71. The summed E-state index contributed by atoms with van der Waals surface area (Å²) in [5, 5.41) is 19.9. The van der Waals surface area contributed by atoms with Gasteiger partial charge in [-0.1, -0.05) is 58.4 Å². The van der Waals surface area contributed by atoms with Crippen LogP contribution in [0.2, 0.25) is 0 Å². The summed E-state index contributed by atoms with van der Waals surface area (Å²) in [5.74, 6) is -0.174. The number of carbonyl (C=O) groups is 1. The highest BCUT2D eigenvalue weighted by Gasteiger charge is 2.64. The van der Waals surface area contributed by atoms with E-state index in [1.54, 1.807) is 4.90 Å². The van der Waals surface area contributed by atoms with E-state index in [0.29, 0.717) is 13.0 Å². The van der Waals surface area contributed by atoms with Crippen LogP contribution in [0.3, 0.4) is 0 Å². The van der Waals surface area contributed by atoms with Crippen molar-refractivity contribution in [3.63, 3.8) is 0 Å². The second kappa shape index (κ2) is 6.37. The molecule has 0 aromatic heterocycles. The Morgan fingerprint density at radius 3 is 2.44 bits per heavy atom. The molecule has 0 fully saturated rings. The predicted molar refractivity (Wildman–Crippen MR) is 105 cm³/mol. The number of nitriles is 2. The molecule has 1 unspecified atom stereocenters. The summed E-state index contributed by atoms with van der Waals surface area (Å²) in [5.41, 5.74) is -0.0657. The average molecular weight is 418 g/mol. The third kappa shape index (κ3) is 2.36. The minimum atomic E-state index is -1.42. The second-order valence-corrected chi connectivity index (χ2v) is 7.87. The molecule has 0 saturated carbocycles. The Kier molecular flexibility index (Phi) is 4.13. The zero-order chi connectivity index (χ0) is 19.1. The molecular formula is C22H16BrN3O. The van der Waals surface area contributed by atoms with Crippen LogP contribution in [0.25, 0.3) is 0 Å². The lowest BCUT2D eigenvalue weighted by atomic mass is 9.56. The molecule has 5 heteroatoms. The Balaban J connectivity index is 1.94. The number of fused-ring (bicyclic) bond motifs is 2. The first-order chi connectivity index (χ1) is 13.1. The molecule has 0 N–H and O–H groups in total. The molecule has 2 aromatic carbocycles. The van der Waals surface area contributed by atoms with E-state index in [1.165, 1.54) is 0 Å². The number of carbonyl (C=O) groups excluding carboxylic acids is 1. The van der Waals surface area contributed by atoms with Gasteiger partial charge in [0.15, 0.2) is 5.41 Å². The molecule has 1 aliphatic carbocycles. The van der Waals surface area contributed by atoms with Crippen molar-refractivity contribution in [2.75, 3.05) is 4.90 Å². The lowest BCUT2D eigenvalue weighted by Gasteiger charge is -2.39. The Labute approximate surface area is 166 Å². The van der Waals surface area contributed by atoms with Gasteiger partial charge in [-0.3, -0.25) is 4.79 Å². The molecule has 0 radical (unpaired) electrons. The van der Waals surface area contributed by atoms with E-state index in [2.05, 4.69) is 28.1 Å². The van der Waals surface area contributed by atoms with Gasteiger partial charge >= 0.3 is 0 Å². The summed E-state index contributed by atoms with van der Waals surface area (Å²) in [6, 6.07) is 19.8. The van der Waals surface area contributed by atoms with E-state index >= 15 is 0 Å². The molecule has 2 aliphatic rings. The van der Waals surface area contributed by atoms with E-state index in [4.69, 9.17) is 0 Å². The van der Waals surface area contributed by atoms with Crippen LogP contribution in [-0.2, 0) is 16.8 Å². The largest absolute Gasteiger partial charge is 0.307 e. The lowest BCUT2D eigenvalue weighted by Crippen LogP contribution is -2.52. The van der Waals surface area contributed by atoms with Crippen molar-refractivity contribution < 1.29 is 4.79 Å². The molecule has 1 atom stereocenters. The lowest BCUT2D eigenvalue weighted by molar-refractivity contribution is -0.125. The van der Waals surface area contributed by atoms with Crippen LogP contribution in [0, 0.1) is 28.1 Å². The van der Waals surface area contributed by atoms with Gasteiger partial charge in [-0.25, -0.2) is 0 Å². The van der Waals surface area contributed by atoms with Gasteiger partial charge in [0.1, 0.15) is 5.41 Å². The highest BCUT2D eigenvalue weighted by Crippen LogP contribution is 2.57. The van der Waals surface area contributed by atoms with Gasteiger partial charge in [0.25, 0.3) is 0 Å². The topological polar surface area (TPSA) is 67.9 Å². The molecular weight excluding hydrogens is 402 g/mol. The molecule has 132 valence electrons. The van der Waals surface area contributed by atoms with Crippen LogP contribution in [0.4, 0.5) is 5.69 Å². The van der Waals surface area contributed by atoms with Gasteiger partial charge in [-0.2, -0.15) is 10.5 Å². The fourth-order valence-electron chi connectivity index (χ4n) is 4.25. The average Bonchev–Trinajstić information content (AvgIpc) is 2.93. The zero-order valence-electron chi connectivity index (χ0n) is 14.5. The number of halogens is 1. The number of benzene rings is 2. The van der Waals surface area contributed by atoms with Crippen molar-refractivity contribution >= 4 is 27.5 Å². The third-order valence-electron chi connectivity index (χ3n) is 5.63. The summed E-state index contributed by atoms with van der Waals surface area (Å²) in [4.78, 5) is 15.5. The van der Waals surface area contributed by atoms with Crippen molar-refractivity contribution in [3.05, 3.63) is 76.3 Å². The Morgan fingerprint density at radius 2 is 1.74 bits per heavy atom. The fraction of sp³-hybridized carbons (Fsp3) is 0.227. The van der Waals surface area contributed by atoms with Crippen LogP contribution in [0.15, 0.2) is 65.2 Å². The SMILES string of the molecule is N#CC1(C#N)CC=CCC12C(=O)N(Cc1ccccc1)c1ccc(Br)cc12. The maximum atomic E-state index is 13.8. The molecule has 4 rings (SSSR count). The summed E-state index contributed by atoms with van der Waals surface area (Å²) in [6.07, 6.45) is 4.35. The van der Waals surface area contributed by atoms with Gasteiger partial charge in [0.05, 0.1) is 18.7 Å². The first-order valence-corrected chi connectivity index (χ1v) is 9.51. The number of hydrogen-bond acceptors (Lipinski definition) is 3. The number of nitrogens with zero attached hydrogens (tertiary/aromatic N) is 3. The maximum Gasteiger partial charge on any atom is 0.241 e. The van der Waals surface area contributed by atoms with Crippen molar-refractivity contribution in [2.24, 2.45) is 5.41 Å². The normalized spacial score (nSPS) is 22.3. The fourth-order valence-corrected chi connectivity index (χ4v) is 4.61. The second-order valence-electron chi connectivity index (χ2n) is 6.95. The van der Waals surface area contributed by atoms with E-state index in [1.807, 2.05) is 60.7 Å². The van der Waals surface area contributed by atoms with Gasteiger partial charge in [0.2, 0.25) is 5.91 Å². The van der Waals surface area contributed by atoms with Crippen LogP contribution in [0.5, 0.6) is 0 Å². The highest BCUT2D eigenvalue weighted by atomic mass is 79.9. The number of allylic oxidation sites excluding steroid dienone is 2. The minimum Gasteiger partial charge on any atom is -0.307 e. The van der Waals surface area contributed by atoms with Crippen molar-refractivity contribution in [1.29, 1.82) is 10.5 Å². The van der Waals surface area contributed by atoms with E-state index in [-0.39, 0.29) is 12.3 Å². The first kappa shape index (κ1) is 17.5. The summed E-state index contributed by atoms with van der Waals surface area (Å²) < 4.78 is 0.828. The minimum absolute atomic E-state index is 0.174. The summed E-state index contributed by atoms with van der Waals surface area (Å²) in [7, 11) is 0. The molecule has 1 spiro atoms. The number of hydrogen-bond donors (Lipinski definition) is 0. The van der Waals surface area contributed by atoms with Crippen LogP contribution in [0.1, 0.15) is 24.0 Å². The van der Waals surface area contributed by atoms with E-state index in [0.717, 1.165) is 21.3 Å². The number of anilines is 1. The van der Waals surface area contributed by atoms with Gasteiger partial charge in [-0.15, -0.1) is 0 Å². The van der Waals surface area contributed by atoms with Crippen molar-refractivity contribution in [3.8, 4) is 12.1 Å². The highest BCUT2D eigenvalue weighted by molar-refractivity contribution is 9.10. The molecule has 4 nitrogen and oxygen atoms in total. The summed E-state index contributed by atoms with van der Waals surface area (Å²) >= 11 is 3.49. The maximum absolute atomic E-state index is 13.8. The molecule has 1 aliphatic heterocycles. The quantitative estimate of drug-likeness (QED) is 0.669. The summed E-state index contributed by atoms with van der Waals surface area (Å²) in [6.45, 7) is 0.409. The van der Waals surface area contributed by atoms with Gasteiger partial charge < -0.3 is 4.90 Å². The van der Waals surface area contributed by atoms with Gasteiger partial charge in [0, 0.05) is 10.2 Å². The Hall–Kier alpha value is -2.89. The van der Waals surface area contributed by atoms with Crippen LogP contribution < -0.4 is 4.90 Å². The number of amides is 1. The Morgan fingerprint density at radius 1 is 1.04 bits per heavy atom. The predicted octanol–water partition coefficient (Wildman–Crippen LogP) is 4.62.